The lowest BCUT2D eigenvalue weighted by Gasteiger charge is -2.45. The number of ether oxygens (including phenoxy) is 6. The van der Waals surface area contributed by atoms with E-state index in [2.05, 4.69) is 10.3 Å². The van der Waals surface area contributed by atoms with E-state index in [4.69, 9.17) is 38.4 Å². The first-order valence-electron chi connectivity index (χ1n) is 25.2. The van der Waals surface area contributed by atoms with Gasteiger partial charge in [-0.25, -0.2) is 18.7 Å². The number of nitrogens with zero attached hydrogens (tertiary/aromatic N) is 3. The van der Waals surface area contributed by atoms with Crippen LogP contribution >= 0.6 is 0 Å². The number of alkyl halides is 2. The fraction of sp³-hybridized carbons (Fsp3) is 0.333. The summed E-state index contributed by atoms with van der Waals surface area (Å²) in [6, 6.07) is 49.4. The highest BCUT2D eigenvalue weighted by Gasteiger charge is 2.50. The molecule has 6 atom stereocenters. The molecule has 9 rings (SSSR count). The molecule has 12 nitrogen and oxygen atoms in total. The minimum absolute atomic E-state index is 0.121. The number of carbonyl (C=O) groups is 1. The van der Waals surface area contributed by atoms with Crippen molar-refractivity contribution >= 4 is 17.6 Å². The van der Waals surface area contributed by atoms with E-state index in [1.54, 1.807) is 25.3 Å². The van der Waals surface area contributed by atoms with Crippen LogP contribution in [-0.2, 0) is 65.2 Å². The Kier molecular flexibility index (Phi) is 17.6. The van der Waals surface area contributed by atoms with Gasteiger partial charge in [-0.2, -0.15) is 0 Å². The van der Waals surface area contributed by atoms with E-state index in [1.165, 1.54) is 18.3 Å². The third-order valence-electron chi connectivity index (χ3n) is 13.8. The molecule has 3 aromatic heterocycles. The Balaban J connectivity index is 0.881. The van der Waals surface area contributed by atoms with Crippen molar-refractivity contribution in [1.29, 1.82) is 0 Å². The lowest BCUT2D eigenvalue weighted by atomic mass is 9.73. The molecule has 384 valence electrons. The number of carbonyl (C=O) groups excluding carboxylic acids is 1. The summed E-state index contributed by atoms with van der Waals surface area (Å²) in [5.74, 6) is -0.223. The molecule has 0 spiro atoms. The summed E-state index contributed by atoms with van der Waals surface area (Å²) in [4.78, 5) is 27.7. The number of aryl methyl sites for hydroxylation is 1. The summed E-state index contributed by atoms with van der Waals surface area (Å²) in [5, 5.41) is 15.1. The molecule has 7 aromatic rings. The number of pyridine rings is 3. The van der Waals surface area contributed by atoms with Gasteiger partial charge in [0.15, 0.2) is 6.29 Å². The van der Waals surface area contributed by atoms with Crippen molar-refractivity contribution in [1.82, 2.24) is 15.0 Å². The number of nitrogens with one attached hydrogen (secondary N) is 1. The molecule has 0 amide bonds. The van der Waals surface area contributed by atoms with Gasteiger partial charge in [-0.1, -0.05) is 121 Å². The quantitative estimate of drug-likeness (QED) is 0.0662. The second kappa shape index (κ2) is 25.0. The number of benzene rings is 4. The number of anilines is 2. The molecular weight excluding hydrogens is 943 g/mol. The molecule has 1 unspecified atom stereocenters. The lowest BCUT2D eigenvalue weighted by molar-refractivity contribution is -0.329. The highest BCUT2D eigenvalue weighted by molar-refractivity contribution is 5.72. The molecular formula is C60H62F2N4O8. The van der Waals surface area contributed by atoms with E-state index in [0.29, 0.717) is 48.5 Å². The first-order valence-corrected chi connectivity index (χ1v) is 25.2. The predicted octanol–water partition coefficient (Wildman–Crippen LogP) is 11.8. The first kappa shape index (κ1) is 52.1. The second-order valence-corrected chi connectivity index (χ2v) is 19.2. The van der Waals surface area contributed by atoms with Crippen LogP contribution in [0, 0.1) is 18.8 Å². The van der Waals surface area contributed by atoms with Crippen molar-refractivity contribution < 1.29 is 47.1 Å². The Morgan fingerprint density at radius 1 is 0.676 bits per heavy atom. The summed E-state index contributed by atoms with van der Waals surface area (Å²) in [6.07, 6.45) is -1.40. The van der Waals surface area contributed by atoms with Crippen molar-refractivity contribution in [2.24, 2.45) is 11.8 Å². The second-order valence-electron chi connectivity index (χ2n) is 19.2. The summed E-state index contributed by atoms with van der Waals surface area (Å²) in [5.41, 5.74) is 5.14. The van der Waals surface area contributed by atoms with E-state index in [0.717, 1.165) is 27.8 Å². The van der Waals surface area contributed by atoms with E-state index in [1.807, 2.05) is 140 Å². The van der Waals surface area contributed by atoms with Crippen LogP contribution in [0.1, 0.15) is 78.1 Å². The number of hydrogen-bond donors (Lipinski definition) is 2. The van der Waals surface area contributed by atoms with Crippen molar-refractivity contribution in [3.05, 3.63) is 209 Å². The molecule has 1 saturated carbocycles. The molecule has 4 heterocycles. The Labute approximate surface area is 431 Å². The summed E-state index contributed by atoms with van der Waals surface area (Å²) < 4.78 is 66.7. The highest BCUT2D eigenvalue weighted by atomic mass is 19.3. The maximum Gasteiger partial charge on any atom is 0.309 e. The molecule has 0 radical (unpaired) electrons. The third-order valence-corrected chi connectivity index (χ3v) is 13.8. The van der Waals surface area contributed by atoms with Crippen molar-refractivity contribution in [3.8, 4) is 11.3 Å². The SMILES string of the molecule is Cc1cc(Nc2cc(C(F)F)ccn2)nc(-c2ccc([C@](C)(O)[C@H]3CC[C@H](C(=O)OC[C@H]4OC(OCc5ccccc5)[C@H](OCc5ccccc5)[C@@H](OCc5ccccc5)[C@@H]4OCc4ccccc4)CC3)nc2)c1. The van der Waals surface area contributed by atoms with Gasteiger partial charge in [0.1, 0.15) is 48.3 Å². The average molecular weight is 1010 g/mol. The Bertz CT molecular complexity index is 2840. The number of halogens is 2. The van der Waals surface area contributed by atoms with E-state index in [9.17, 15) is 18.7 Å². The smallest absolute Gasteiger partial charge is 0.309 e. The number of esters is 1. The fourth-order valence-electron chi connectivity index (χ4n) is 9.66. The molecule has 1 saturated heterocycles. The zero-order valence-electron chi connectivity index (χ0n) is 41.6. The van der Waals surface area contributed by atoms with Gasteiger partial charge in [0.05, 0.1) is 43.7 Å². The minimum atomic E-state index is -2.62. The average Bonchev–Trinajstić information content (AvgIpc) is 3.43. The summed E-state index contributed by atoms with van der Waals surface area (Å²) in [7, 11) is 0. The number of rotatable bonds is 21. The number of hydrogen-bond acceptors (Lipinski definition) is 12. The molecule has 1 aliphatic carbocycles. The number of aromatic nitrogens is 3. The summed E-state index contributed by atoms with van der Waals surface area (Å²) in [6.45, 7) is 4.57. The maximum absolute atomic E-state index is 14.1. The zero-order chi connectivity index (χ0) is 51.3. The van der Waals surface area contributed by atoms with Crippen molar-refractivity contribution in [2.75, 3.05) is 11.9 Å². The minimum Gasteiger partial charge on any atom is -0.463 e. The van der Waals surface area contributed by atoms with E-state index >= 15 is 0 Å². The van der Waals surface area contributed by atoms with Crippen LogP contribution in [0.2, 0.25) is 0 Å². The summed E-state index contributed by atoms with van der Waals surface area (Å²) >= 11 is 0. The molecule has 0 bridgehead atoms. The van der Waals surface area contributed by atoms with Gasteiger partial charge >= 0.3 is 5.97 Å². The van der Waals surface area contributed by atoms with Crippen LogP contribution in [0.3, 0.4) is 0 Å². The lowest BCUT2D eigenvalue weighted by Crippen LogP contribution is -2.62. The first-order chi connectivity index (χ1) is 36.1. The highest BCUT2D eigenvalue weighted by Crippen LogP contribution is 2.41. The standard InChI is InChI=1S/C60H62F2N4O8/c1-40-31-49(65-53(32-40)66-52-33-46(57(61)62)29-30-63-52)47-25-28-51(64-34-47)60(2,68)48-26-23-45(24-27-48)58(67)72-39-50-54(69-35-41-15-7-3-8-16-41)55(70-36-42-17-9-4-10-18-42)56(71-37-43-19-11-5-12-20-43)59(74-50)73-38-44-21-13-6-14-22-44/h3-22,25,28-34,45,48,50,54-57,59,68H,23-24,26-27,35-39H2,1-2H3,(H,63,65,66)/t45-,48-,50-,54-,55+,56-,59?,60-/m1/s1. The van der Waals surface area contributed by atoms with Crippen LogP contribution < -0.4 is 5.32 Å². The van der Waals surface area contributed by atoms with E-state index in [-0.39, 0.29) is 56.3 Å². The third kappa shape index (κ3) is 13.7. The predicted molar refractivity (Wildman–Crippen MR) is 276 cm³/mol. The van der Waals surface area contributed by atoms with Gasteiger partial charge in [0, 0.05) is 23.5 Å². The monoisotopic (exact) mass is 1000 g/mol. The Morgan fingerprint density at radius 3 is 1.78 bits per heavy atom. The van der Waals surface area contributed by atoms with Crippen LogP contribution in [0.4, 0.5) is 20.4 Å². The topological polar surface area (TPSA) is 143 Å². The molecule has 1 aliphatic heterocycles. The van der Waals surface area contributed by atoms with Crippen molar-refractivity contribution in [3.63, 3.8) is 0 Å². The van der Waals surface area contributed by atoms with Crippen LogP contribution in [0.15, 0.2) is 170 Å². The molecule has 2 aliphatic rings. The van der Waals surface area contributed by atoms with Crippen LogP contribution in [0.25, 0.3) is 11.3 Å². The van der Waals surface area contributed by atoms with Gasteiger partial charge in [-0.15, -0.1) is 0 Å². The van der Waals surface area contributed by atoms with Gasteiger partial charge in [0.2, 0.25) is 0 Å². The van der Waals surface area contributed by atoms with E-state index < -0.39 is 48.7 Å². The van der Waals surface area contributed by atoms with Gasteiger partial charge in [0.25, 0.3) is 6.43 Å². The van der Waals surface area contributed by atoms with Crippen LogP contribution in [-0.4, -0.2) is 63.3 Å². The van der Waals surface area contributed by atoms with Crippen LogP contribution in [0.5, 0.6) is 0 Å². The fourth-order valence-corrected chi connectivity index (χ4v) is 9.66. The van der Waals surface area contributed by atoms with Gasteiger partial charge in [-0.3, -0.25) is 9.78 Å². The number of aliphatic hydroxyl groups is 1. The zero-order valence-corrected chi connectivity index (χ0v) is 41.6. The maximum atomic E-state index is 14.1. The largest absolute Gasteiger partial charge is 0.463 e. The molecule has 74 heavy (non-hydrogen) atoms. The Hall–Kier alpha value is -6.78. The molecule has 4 aromatic carbocycles. The van der Waals surface area contributed by atoms with Gasteiger partial charge < -0.3 is 38.8 Å². The van der Waals surface area contributed by atoms with Crippen molar-refractivity contribution in [2.45, 2.75) is 109 Å². The molecule has 2 N–H and O–H groups in total. The van der Waals surface area contributed by atoms with Gasteiger partial charge in [-0.05, 0) is 110 Å². The normalized spacial score (nSPS) is 21.7. The molecule has 14 heteroatoms. The Morgan fingerprint density at radius 2 is 1.23 bits per heavy atom. The molecule has 2 fully saturated rings.